The second kappa shape index (κ2) is 6.41. The molecule has 4 nitrogen and oxygen atoms in total. The predicted octanol–water partition coefficient (Wildman–Crippen LogP) is 2.79. The summed E-state index contributed by atoms with van der Waals surface area (Å²) in [6.45, 7) is 0.358. The molecule has 1 atom stereocenters. The van der Waals surface area contributed by atoms with E-state index in [9.17, 15) is 9.90 Å². The van der Waals surface area contributed by atoms with Crippen LogP contribution in [0.15, 0.2) is 47.3 Å². The van der Waals surface area contributed by atoms with Crippen molar-refractivity contribution < 1.29 is 14.3 Å². The highest BCUT2D eigenvalue weighted by Crippen LogP contribution is 2.17. The van der Waals surface area contributed by atoms with Crippen molar-refractivity contribution in [3.8, 4) is 0 Å². The fourth-order valence-electron chi connectivity index (χ4n) is 1.69. The van der Waals surface area contributed by atoms with Gasteiger partial charge in [-0.05, 0) is 24.6 Å². The first-order chi connectivity index (χ1) is 9.18. The lowest BCUT2D eigenvalue weighted by Crippen LogP contribution is -2.25. The summed E-state index contributed by atoms with van der Waals surface area (Å²) in [6, 6.07) is 8.53. The number of rotatable bonds is 5. The number of benzene rings is 1. The summed E-state index contributed by atoms with van der Waals surface area (Å²) in [5.74, 6) is -0.245. The van der Waals surface area contributed by atoms with Gasteiger partial charge in [-0.25, -0.2) is 0 Å². The highest BCUT2D eigenvalue weighted by molar-refractivity contribution is 6.33. The molecule has 1 aromatic heterocycles. The van der Waals surface area contributed by atoms with E-state index in [0.29, 0.717) is 29.1 Å². The summed E-state index contributed by atoms with van der Waals surface area (Å²) in [6.07, 6.45) is 2.75. The largest absolute Gasteiger partial charge is 0.472 e. The predicted molar refractivity (Wildman–Crippen MR) is 72.1 cm³/mol. The molecule has 1 unspecified atom stereocenters. The summed E-state index contributed by atoms with van der Waals surface area (Å²) in [5, 5.41) is 12.9. The van der Waals surface area contributed by atoms with Gasteiger partial charge in [0.25, 0.3) is 5.91 Å². The van der Waals surface area contributed by atoms with Gasteiger partial charge in [-0.1, -0.05) is 23.7 Å². The van der Waals surface area contributed by atoms with Crippen LogP contribution in [0.4, 0.5) is 0 Å². The standard InChI is InChI=1S/C14H14ClNO3/c15-12-4-2-1-3-11(12)14(18)16-7-5-13(17)10-6-8-19-9-10/h1-4,6,8-9,13,17H,5,7H2,(H,16,18). The number of aliphatic hydroxyl groups is 1. The summed E-state index contributed by atoms with van der Waals surface area (Å²) in [5.41, 5.74) is 1.13. The minimum absolute atomic E-state index is 0.245. The zero-order valence-electron chi connectivity index (χ0n) is 10.2. The van der Waals surface area contributed by atoms with Gasteiger partial charge in [-0.15, -0.1) is 0 Å². The van der Waals surface area contributed by atoms with Gasteiger partial charge in [0.1, 0.15) is 0 Å². The zero-order chi connectivity index (χ0) is 13.7. The Labute approximate surface area is 116 Å². The van der Waals surface area contributed by atoms with Crippen LogP contribution >= 0.6 is 11.6 Å². The molecule has 0 spiro atoms. The molecule has 0 saturated carbocycles. The Morgan fingerprint density at radius 2 is 2.16 bits per heavy atom. The smallest absolute Gasteiger partial charge is 0.252 e. The molecule has 19 heavy (non-hydrogen) atoms. The number of carbonyl (C=O) groups is 1. The molecule has 2 N–H and O–H groups in total. The topological polar surface area (TPSA) is 62.5 Å². The van der Waals surface area contributed by atoms with Gasteiger partial charge in [-0.3, -0.25) is 4.79 Å². The van der Waals surface area contributed by atoms with Gasteiger partial charge in [0.2, 0.25) is 0 Å². The molecule has 1 amide bonds. The first kappa shape index (κ1) is 13.6. The summed E-state index contributed by atoms with van der Waals surface area (Å²) in [7, 11) is 0. The van der Waals surface area contributed by atoms with Gasteiger partial charge in [0.15, 0.2) is 0 Å². The molecule has 0 aliphatic heterocycles. The fourth-order valence-corrected chi connectivity index (χ4v) is 1.92. The van der Waals surface area contributed by atoms with Gasteiger partial charge >= 0.3 is 0 Å². The van der Waals surface area contributed by atoms with Crippen molar-refractivity contribution in [3.05, 3.63) is 59.0 Å². The van der Waals surface area contributed by atoms with Crippen LogP contribution in [0, 0.1) is 0 Å². The SMILES string of the molecule is O=C(NCCC(O)c1ccoc1)c1ccccc1Cl. The molecular weight excluding hydrogens is 266 g/mol. The Kier molecular flexibility index (Phi) is 4.60. The van der Waals surface area contributed by atoms with Crippen molar-refractivity contribution >= 4 is 17.5 Å². The third kappa shape index (κ3) is 3.59. The number of hydrogen-bond donors (Lipinski definition) is 2. The highest BCUT2D eigenvalue weighted by Gasteiger charge is 2.11. The van der Waals surface area contributed by atoms with Crippen molar-refractivity contribution in [2.75, 3.05) is 6.54 Å². The minimum Gasteiger partial charge on any atom is -0.472 e. The number of amides is 1. The maximum atomic E-state index is 11.8. The zero-order valence-corrected chi connectivity index (χ0v) is 10.9. The monoisotopic (exact) mass is 279 g/mol. The molecule has 2 aromatic rings. The molecule has 0 radical (unpaired) electrons. The summed E-state index contributed by atoms with van der Waals surface area (Å²) in [4.78, 5) is 11.8. The molecule has 5 heteroatoms. The molecule has 1 aromatic carbocycles. The van der Waals surface area contributed by atoms with Crippen molar-refractivity contribution in [3.63, 3.8) is 0 Å². The van der Waals surface area contributed by atoms with Crippen LogP contribution in [0.3, 0.4) is 0 Å². The van der Waals surface area contributed by atoms with Crippen molar-refractivity contribution in [2.45, 2.75) is 12.5 Å². The van der Waals surface area contributed by atoms with Gasteiger partial charge < -0.3 is 14.8 Å². The Bertz CT molecular complexity index is 539. The normalized spacial score (nSPS) is 12.1. The number of carbonyl (C=O) groups excluding carboxylic acids is 1. The molecule has 0 bridgehead atoms. The first-order valence-electron chi connectivity index (χ1n) is 5.91. The molecule has 1 heterocycles. The summed E-state index contributed by atoms with van der Waals surface area (Å²) < 4.78 is 4.88. The van der Waals surface area contributed by atoms with E-state index < -0.39 is 6.10 Å². The quantitative estimate of drug-likeness (QED) is 0.885. The van der Waals surface area contributed by atoms with E-state index in [4.69, 9.17) is 16.0 Å². The molecule has 100 valence electrons. The maximum Gasteiger partial charge on any atom is 0.252 e. The van der Waals surface area contributed by atoms with Gasteiger partial charge in [-0.2, -0.15) is 0 Å². The van der Waals surface area contributed by atoms with E-state index in [1.165, 1.54) is 12.5 Å². The molecule has 0 saturated heterocycles. The van der Waals surface area contributed by atoms with Crippen LogP contribution in [-0.4, -0.2) is 17.6 Å². The highest BCUT2D eigenvalue weighted by atomic mass is 35.5. The second-order valence-corrected chi connectivity index (χ2v) is 4.50. The molecular formula is C14H14ClNO3. The minimum atomic E-state index is -0.648. The van der Waals surface area contributed by atoms with Crippen LogP contribution in [0.1, 0.15) is 28.4 Å². The maximum absolute atomic E-state index is 11.8. The van der Waals surface area contributed by atoms with Gasteiger partial charge in [0, 0.05) is 12.1 Å². The third-order valence-corrected chi connectivity index (χ3v) is 3.08. The molecule has 0 aliphatic carbocycles. The first-order valence-corrected chi connectivity index (χ1v) is 6.29. The fraction of sp³-hybridized carbons (Fsp3) is 0.214. The number of nitrogens with one attached hydrogen (secondary N) is 1. The summed E-state index contributed by atoms with van der Waals surface area (Å²) >= 11 is 5.92. The Morgan fingerprint density at radius 3 is 2.84 bits per heavy atom. The van der Waals surface area contributed by atoms with Crippen molar-refractivity contribution in [1.82, 2.24) is 5.32 Å². The molecule has 0 fully saturated rings. The molecule has 2 rings (SSSR count). The van der Waals surface area contributed by atoms with Crippen LogP contribution in [0.2, 0.25) is 5.02 Å². The molecule has 0 aliphatic rings. The number of aliphatic hydroxyl groups excluding tert-OH is 1. The van der Waals surface area contributed by atoms with Gasteiger partial charge in [0.05, 0.1) is 29.2 Å². The van der Waals surface area contributed by atoms with E-state index in [2.05, 4.69) is 5.32 Å². The van der Waals surface area contributed by atoms with E-state index in [0.717, 1.165) is 0 Å². The van der Waals surface area contributed by atoms with E-state index >= 15 is 0 Å². The van der Waals surface area contributed by atoms with Crippen molar-refractivity contribution in [2.24, 2.45) is 0 Å². The average Bonchev–Trinajstić information content (AvgIpc) is 2.93. The van der Waals surface area contributed by atoms with Crippen LogP contribution in [0.25, 0.3) is 0 Å². The number of furan rings is 1. The number of halogens is 1. The van der Waals surface area contributed by atoms with Crippen LogP contribution in [-0.2, 0) is 0 Å². The van der Waals surface area contributed by atoms with Crippen LogP contribution in [0.5, 0.6) is 0 Å². The number of hydrogen-bond acceptors (Lipinski definition) is 3. The van der Waals surface area contributed by atoms with E-state index in [-0.39, 0.29) is 5.91 Å². The lowest BCUT2D eigenvalue weighted by molar-refractivity contribution is 0.0942. The lowest BCUT2D eigenvalue weighted by atomic mass is 10.1. The van der Waals surface area contributed by atoms with E-state index in [1.807, 2.05) is 0 Å². The average molecular weight is 280 g/mol. The van der Waals surface area contributed by atoms with Crippen molar-refractivity contribution in [1.29, 1.82) is 0 Å². The van der Waals surface area contributed by atoms with Crippen LogP contribution < -0.4 is 5.32 Å². The Morgan fingerprint density at radius 1 is 1.37 bits per heavy atom. The van der Waals surface area contributed by atoms with E-state index in [1.54, 1.807) is 30.3 Å². The Balaban J connectivity index is 1.83. The lowest BCUT2D eigenvalue weighted by Gasteiger charge is -2.10. The second-order valence-electron chi connectivity index (χ2n) is 4.10. The third-order valence-electron chi connectivity index (χ3n) is 2.75. The Hall–Kier alpha value is -1.78.